The van der Waals surface area contributed by atoms with Crippen molar-refractivity contribution in [1.29, 1.82) is 0 Å². The summed E-state index contributed by atoms with van der Waals surface area (Å²) < 4.78 is 0. The van der Waals surface area contributed by atoms with E-state index < -0.39 is 0 Å². The number of hydrogen-bond donors (Lipinski definition) is 1. The molecule has 1 nitrogen and oxygen atoms in total. The van der Waals surface area contributed by atoms with Gasteiger partial charge in [-0.05, 0) is 20.8 Å². The maximum absolute atomic E-state index is 8.84. The van der Waals surface area contributed by atoms with Crippen LogP contribution in [0.4, 0.5) is 0 Å². The standard InChI is InChI=1S/C8H14O/c1-4-5-7(2)6-8(3)9/h4-6,8-9H,1-3H3/b5-4+,7-6-/t8-/m0/s1. The Kier molecular flexibility index (Phi) is 4.06. The maximum atomic E-state index is 8.84. The van der Waals surface area contributed by atoms with Crippen LogP contribution in [0.2, 0.25) is 0 Å². The molecule has 52 valence electrons. The van der Waals surface area contributed by atoms with E-state index in [4.69, 9.17) is 5.11 Å². The van der Waals surface area contributed by atoms with Gasteiger partial charge >= 0.3 is 0 Å². The summed E-state index contributed by atoms with van der Waals surface area (Å²) in [5.41, 5.74) is 1.10. The fraction of sp³-hybridized carbons (Fsp3) is 0.500. The molecule has 0 amide bonds. The highest BCUT2D eigenvalue weighted by Crippen LogP contribution is 1.96. The predicted molar refractivity (Wildman–Crippen MR) is 40.3 cm³/mol. The molecule has 0 aromatic heterocycles. The molecule has 0 fully saturated rings. The molecule has 0 bridgehead atoms. The van der Waals surface area contributed by atoms with Crippen LogP contribution in [-0.4, -0.2) is 11.2 Å². The number of rotatable bonds is 2. The van der Waals surface area contributed by atoms with Crippen molar-refractivity contribution in [3.05, 3.63) is 23.8 Å². The normalized spacial score (nSPS) is 16.7. The maximum Gasteiger partial charge on any atom is 0.0698 e. The molecule has 0 unspecified atom stereocenters. The Hall–Kier alpha value is -0.560. The quantitative estimate of drug-likeness (QED) is 0.560. The molecular weight excluding hydrogens is 112 g/mol. The van der Waals surface area contributed by atoms with Gasteiger partial charge in [0.15, 0.2) is 0 Å². The molecule has 0 aliphatic rings. The van der Waals surface area contributed by atoms with Gasteiger partial charge in [0.2, 0.25) is 0 Å². The lowest BCUT2D eigenvalue weighted by atomic mass is 10.2. The van der Waals surface area contributed by atoms with Crippen molar-refractivity contribution in [2.45, 2.75) is 26.9 Å². The number of allylic oxidation sites excluding steroid dienone is 3. The number of aliphatic hydroxyl groups is 1. The zero-order valence-electron chi connectivity index (χ0n) is 6.26. The first-order valence-corrected chi connectivity index (χ1v) is 3.16. The molecule has 0 aromatic carbocycles. The van der Waals surface area contributed by atoms with Crippen molar-refractivity contribution in [3.8, 4) is 0 Å². The molecule has 1 heteroatoms. The second-order valence-corrected chi connectivity index (χ2v) is 2.15. The van der Waals surface area contributed by atoms with E-state index in [9.17, 15) is 0 Å². The molecule has 0 rings (SSSR count). The molecule has 0 heterocycles. The van der Waals surface area contributed by atoms with E-state index in [1.54, 1.807) is 13.0 Å². The lowest BCUT2D eigenvalue weighted by Crippen LogP contribution is -1.92. The Morgan fingerprint density at radius 1 is 1.56 bits per heavy atom. The molecule has 0 saturated heterocycles. The molecule has 0 aromatic rings. The number of hydrogen-bond acceptors (Lipinski definition) is 1. The Balaban J connectivity index is 3.84. The Bertz CT molecular complexity index is 121. The highest BCUT2D eigenvalue weighted by molar-refractivity contribution is 5.16. The van der Waals surface area contributed by atoms with Crippen molar-refractivity contribution in [2.24, 2.45) is 0 Å². The van der Waals surface area contributed by atoms with E-state index in [2.05, 4.69) is 0 Å². The van der Waals surface area contributed by atoms with E-state index in [-0.39, 0.29) is 6.10 Å². The third-order valence-electron chi connectivity index (χ3n) is 0.934. The van der Waals surface area contributed by atoms with Gasteiger partial charge in [-0.25, -0.2) is 0 Å². The summed E-state index contributed by atoms with van der Waals surface area (Å²) in [5.74, 6) is 0. The summed E-state index contributed by atoms with van der Waals surface area (Å²) in [7, 11) is 0. The van der Waals surface area contributed by atoms with E-state index in [1.807, 2.05) is 26.0 Å². The largest absolute Gasteiger partial charge is 0.389 e. The molecule has 0 spiro atoms. The Labute approximate surface area is 56.7 Å². The number of aliphatic hydroxyl groups excluding tert-OH is 1. The molecule has 0 aliphatic heterocycles. The SMILES string of the molecule is C/C=C/C(C)=C\[C@H](C)O. The van der Waals surface area contributed by atoms with Crippen LogP contribution in [0, 0.1) is 0 Å². The third-order valence-corrected chi connectivity index (χ3v) is 0.934. The van der Waals surface area contributed by atoms with Crippen LogP contribution in [0.5, 0.6) is 0 Å². The van der Waals surface area contributed by atoms with Gasteiger partial charge in [0.05, 0.1) is 6.10 Å². The van der Waals surface area contributed by atoms with Crippen molar-refractivity contribution in [1.82, 2.24) is 0 Å². The first-order valence-electron chi connectivity index (χ1n) is 3.16. The molecular formula is C8H14O. The minimum Gasteiger partial charge on any atom is -0.389 e. The fourth-order valence-corrected chi connectivity index (χ4v) is 0.699. The summed E-state index contributed by atoms with van der Waals surface area (Å²) in [6, 6.07) is 0. The summed E-state index contributed by atoms with van der Waals surface area (Å²) in [6.45, 7) is 5.67. The fourth-order valence-electron chi connectivity index (χ4n) is 0.699. The van der Waals surface area contributed by atoms with Gasteiger partial charge in [-0.3, -0.25) is 0 Å². The lowest BCUT2D eigenvalue weighted by molar-refractivity contribution is 0.243. The average Bonchev–Trinajstić information content (AvgIpc) is 1.63. The van der Waals surface area contributed by atoms with Crippen LogP contribution in [-0.2, 0) is 0 Å². The van der Waals surface area contributed by atoms with Gasteiger partial charge in [0.25, 0.3) is 0 Å². The van der Waals surface area contributed by atoms with Crippen LogP contribution in [0.25, 0.3) is 0 Å². The predicted octanol–water partition coefficient (Wildman–Crippen LogP) is 1.89. The van der Waals surface area contributed by atoms with Crippen molar-refractivity contribution in [2.75, 3.05) is 0 Å². The van der Waals surface area contributed by atoms with Crippen LogP contribution in [0.1, 0.15) is 20.8 Å². The minimum atomic E-state index is -0.332. The minimum absolute atomic E-state index is 0.332. The monoisotopic (exact) mass is 126 g/mol. The van der Waals surface area contributed by atoms with Gasteiger partial charge in [0, 0.05) is 0 Å². The third kappa shape index (κ3) is 5.31. The van der Waals surface area contributed by atoms with E-state index >= 15 is 0 Å². The zero-order valence-corrected chi connectivity index (χ0v) is 6.26. The highest BCUT2D eigenvalue weighted by Gasteiger charge is 1.86. The van der Waals surface area contributed by atoms with Gasteiger partial charge in [-0.2, -0.15) is 0 Å². The average molecular weight is 126 g/mol. The summed E-state index contributed by atoms with van der Waals surface area (Å²) in [5, 5.41) is 8.84. The van der Waals surface area contributed by atoms with Gasteiger partial charge in [-0.15, -0.1) is 0 Å². The van der Waals surface area contributed by atoms with E-state index in [0.717, 1.165) is 5.57 Å². The van der Waals surface area contributed by atoms with Crippen LogP contribution >= 0.6 is 0 Å². The molecule has 1 N–H and O–H groups in total. The van der Waals surface area contributed by atoms with Gasteiger partial charge < -0.3 is 5.11 Å². The lowest BCUT2D eigenvalue weighted by Gasteiger charge is -1.94. The van der Waals surface area contributed by atoms with Crippen molar-refractivity contribution in [3.63, 3.8) is 0 Å². The molecule has 1 atom stereocenters. The van der Waals surface area contributed by atoms with Gasteiger partial charge in [0.1, 0.15) is 0 Å². The van der Waals surface area contributed by atoms with Gasteiger partial charge in [-0.1, -0.05) is 23.8 Å². The Morgan fingerprint density at radius 2 is 2.11 bits per heavy atom. The zero-order chi connectivity index (χ0) is 7.28. The van der Waals surface area contributed by atoms with Crippen LogP contribution < -0.4 is 0 Å². The van der Waals surface area contributed by atoms with E-state index in [0.29, 0.717) is 0 Å². The first kappa shape index (κ1) is 8.44. The van der Waals surface area contributed by atoms with Crippen LogP contribution in [0.15, 0.2) is 23.8 Å². The molecule has 9 heavy (non-hydrogen) atoms. The molecule has 0 saturated carbocycles. The second kappa shape index (κ2) is 4.33. The summed E-state index contributed by atoms with van der Waals surface area (Å²) >= 11 is 0. The first-order chi connectivity index (χ1) is 4.16. The smallest absolute Gasteiger partial charge is 0.0698 e. The van der Waals surface area contributed by atoms with Crippen molar-refractivity contribution >= 4 is 0 Å². The topological polar surface area (TPSA) is 20.2 Å². The summed E-state index contributed by atoms with van der Waals surface area (Å²) in [6.07, 6.45) is 5.39. The van der Waals surface area contributed by atoms with Crippen molar-refractivity contribution < 1.29 is 5.11 Å². The highest BCUT2D eigenvalue weighted by atomic mass is 16.3. The Morgan fingerprint density at radius 3 is 2.44 bits per heavy atom. The molecule has 0 radical (unpaired) electrons. The molecule has 0 aliphatic carbocycles. The van der Waals surface area contributed by atoms with E-state index in [1.165, 1.54) is 0 Å². The second-order valence-electron chi connectivity index (χ2n) is 2.15. The van der Waals surface area contributed by atoms with Crippen LogP contribution in [0.3, 0.4) is 0 Å². The summed E-state index contributed by atoms with van der Waals surface area (Å²) in [4.78, 5) is 0.